The third-order valence-corrected chi connectivity index (χ3v) is 5.82. The zero-order valence-electron chi connectivity index (χ0n) is 21.0. The molecule has 0 fully saturated rings. The van der Waals surface area contributed by atoms with Gasteiger partial charge in [-0.05, 0) is 64.4 Å². The van der Waals surface area contributed by atoms with E-state index in [-0.39, 0.29) is 10.8 Å². The number of rotatable bonds is 4. The number of hydrogen-bond donors (Lipinski definition) is 4. The minimum atomic E-state index is -0.434. The largest absolute Gasteiger partial charge is 0.323 e. The number of hydrogen-bond acceptors (Lipinski definition) is 2. The predicted molar refractivity (Wildman–Crippen MR) is 147 cm³/mol. The van der Waals surface area contributed by atoms with Crippen molar-refractivity contribution in [3.05, 3.63) is 82.9 Å². The molecule has 6 nitrogen and oxygen atoms in total. The van der Waals surface area contributed by atoms with E-state index in [1.165, 1.54) is 11.1 Å². The Bertz CT molecular complexity index is 1190. The zero-order chi connectivity index (χ0) is 25.8. The van der Waals surface area contributed by atoms with Gasteiger partial charge in [-0.15, -0.1) is 0 Å². The van der Waals surface area contributed by atoms with E-state index in [2.05, 4.69) is 62.8 Å². The lowest BCUT2D eigenvalue weighted by Crippen LogP contribution is -2.21. The summed E-state index contributed by atoms with van der Waals surface area (Å²) in [5.41, 5.74) is 4.64. The fourth-order valence-corrected chi connectivity index (χ4v) is 3.55. The van der Waals surface area contributed by atoms with Gasteiger partial charge in [0.1, 0.15) is 0 Å². The highest BCUT2D eigenvalue weighted by molar-refractivity contribution is 6.34. The van der Waals surface area contributed by atoms with Crippen LogP contribution in [0.2, 0.25) is 5.02 Å². The summed E-state index contributed by atoms with van der Waals surface area (Å²) in [6.45, 7) is 12.8. The van der Waals surface area contributed by atoms with Crippen LogP contribution in [0.25, 0.3) is 0 Å². The average Bonchev–Trinajstić information content (AvgIpc) is 2.75. The lowest BCUT2D eigenvalue weighted by molar-refractivity contribution is 0.261. The van der Waals surface area contributed by atoms with Gasteiger partial charge in [-0.1, -0.05) is 77.4 Å². The van der Waals surface area contributed by atoms with Gasteiger partial charge >= 0.3 is 12.1 Å². The molecule has 0 atom stereocenters. The SMILES string of the molecule is CC(C)(C)c1ccc(NC(=O)Nc2ccc(Cl)c(NC(=O)Nc3ccc(C(C)(C)C)cc3)c2)cc1. The van der Waals surface area contributed by atoms with E-state index >= 15 is 0 Å². The van der Waals surface area contributed by atoms with Crippen LogP contribution in [0.5, 0.6) is 0 Å². The van der Waals surface area contributed by atoms with E-state index < -0.39 is 12.1 Å². The van der Waals surface area contributed by atoms with Gasteiger partial charge in [-0.2, -0.15) is 0 Å². The normalized spacial score (nSPS) is 11.5. The Morgan fingerprint density at radius 1 is 0.571 bits per heavy atom. The maximum absolute atomic E-state index is 12.5. The fraction of sp³-hybridized carbons (Fsp3) is 0.286. The number of carbonyl (C=O) groups excluding carboxylic acids is 2. The molecule has 0 heterocycles. The van der Waals surface area contributed by atoms with E-state index in [1.807, 2.05) is 48.5 Å². The Kier molecular flexibility index (Phi) is 7.76. The van der Waals surface area contributed by atoms with Gasteiger partial charge in [0.05, 0.1) is 10.7 Å². The highest BCUT2D eigenvalue weighted by atomic mass is 35.5. The molecule has 184 valence electrons. The Labute approximate surface area is 212 Å². The first-order chi connectivity index (χ1) is 16.3. The second-order valence-corrected chi connectivity index (χ2v) is 10.9. The van der Waals surface area contributed by atoms with E-state index in [0.29, 0.717) is 27.8 Å². The Morgan fingerprint density at radius 2 is 0.943 bits per heavy atom. The van der Waals surface area contributed by atoms with Crippen molar-refractivity contribution in [2.45, 2.75) is 52.4 Å². The highest BCUT2D eigenvalue weighted by Crippen LogP contribution is 2.27. The molecule has 0 unspecified atom stereocenters. The van der Waals surface area contributed by atoms with E-state index in [9.17, 15) is 9.59 Å². The maximum Gasteiger partial charge on any atom is 0.323 e. The highest BCUT2D eigenvalue weighted by Gasteiger charge is 2.15. The molecular formula is C28H33ClN4O2. The van der Waals surface area contributed by atoms with Crippen LogP contribution in [0.15, 0.2) is 66.7 Å². The van der Waals surface area contributed by atoms with Crippen LogP contribution < -0.4 is 21.3 Å². The van der Waals surface area contributed by atoms with Gasteiger partial charge in [0.2, 0.25) is 0 Å². The van der Waals surface area contributed by atoms with Gasteiger partial charge in [0.25, 0.3) is 0 Å². The molecule has 0 saturated heterocycles. The van der Waals surface area contributed by atoms with Crippen molar-refractivity contribution >= 4 is 46.4 Å². The zero-order valence-corrected chi connectivity index (χ0v) is 21.8. The number of carbonyl (C=O) groups is 2. The first-order valence-electron chi connectivity index (χ1n) is 11.5. The molecule has 0 aliphatic carbocycles. The van der Waals surface area contributed by atoms with Crippen LogP contribution in [-0.2, 0) is 10.8 Å². The van der Waals surface area contributed by atoms with E-state index in [0.717, 1.165) is 0 Å². The van der Waals surface area contributed by atoms with Crippen molar-refractivity contribution in [3.63, 3.8) is 0 Å². The van der Waals surface area contributed by atoms with Crippen molar-refractivity contribution in [3.8, 4) is 0 Å². The fourth-order valence-electron chi connectivity index (χ4n) is 3.38. The van der Waals surface area contributed by atoms with Crippen molar-refractivity contribution in [2.24, 2.45) is 0 Å². The smallest absolute Gasteiger partial charge is 0.308 e. The summed E-state index contributed by atoms with van der Waals surface area (Å²) in [4.78, 5) is 25.0. The van der Waals surface area contributed by atoms with Gasteiger partial charge < -0.3 is 21.3 Å². The van der Waals surface area contributed by atoms with Gasteiger partial charge in [-0.3, -0.25) is 0 Å². The molecule has 3 aromatic rings. The lowest BCUT2D eigenvalue weighted by atomic mass is 9.87. The number of anilines is 4. The summed E-state index contributed by atoms with van der Waals surface area (Å²) in [5.74, 6) is 0. The third kappa shape index (κ3) is 7.49. The van der Waals surface area contributed by atoms with Crippen LogP contribution in [0.4, 0.5) is 32.3 Å². The summed E-state index contributed by atoms with van der Waals surface area (Å²) in [6.07, 6.45) is 0. The molecule has 0 bridgehead atoms. The second kappa shape index (κ2) is 10.4. The van der Waals surface area contributed by atoms with Crippen LogP contribution in [0.1, 0.15) is 52.7 Å². The topological polar surface area (TPSA) is 82.3 Å². The molecule has 0 spiro atoms. The molecule has 4 amide bonds. The predicted octanol–water partition coefficient (Wildman–Crippen LogP) is 8.22. The standard InChI is InChI=1S/C28H33ClN4O2/c1-27(2,3)18-7-11-20(12-8-18)30-25(34)32-22-15-16-23(29)24(17-22)33-26(35)31-21-13-9-19(10-14-21)28(4,5)6/h7-17H,1-6H3,(H2,30,32,34)(H2,31,33,35). The third-order valence-electron chi connectivity index (χ3n) is 5.49. The number of halogens is 1. The molecule has 0 aliphatic heterocycles. The van der Waals surface area contributed by atoms with Crippen LogP contribution >= 0.6 is 11.6 Å². The van der Waals surface area contributed by atoms with Gasteiger partial charge in [-0.25, -0.2) is 9.59 Å². The van der Waals surface area contributed by atoms with Gasteiger partial charge in [0, 0.05) is 17.1 Å². The number of urea groups is 2. The summed E-state index contributed by atoms with van der Waals surface area (Å²) in [6, 6.07) is 19.5. The minimum absolute atomic E-state index is 0.0317. The molecular weight excluding hydrogens is 460 g/mol. The van der Waals surface area contributed by atoms with Gasteiger partial charge in [0.15, 0.2) is 0 Å². The maximum atomic E-state index is 12.5. The van der Waals surface area contributed by atoms with Crippen LogP contribution in [0.3, 0.4) is 0 Å². The van der Waals surface area contributed by atoms with Crippen molar-refractivity contribution in [1.82, 2.24) is 0 Å². The van der Waals surface area contributed by atoms with Crippen molar-refractivity contribution < 1.29 is 9.59 Å². The molecule has 0 aromatic heterocycles. The second-order valence-electron chi connectivity index (χ2n) is 10.5. The molecule has 3 aromatic carbocycles. The van der Waals surface area contributed by atoms with E-state index in [1.54, 1.807) is 18.2 Å². The van der Waals surface area contributed by atoms with E-state index in [4.69, 9.17) is 11.6 Å². The van der Waals surface area contributed by atoms with Crippen LogP contribution in [0, 0.1) is 0 Å². The Hall–Kier alpha value is -3.51. The first kappa shape index (κ1) is 26.1. The average molecular weight is 493 g/mol. The van der Waals surface area contributed by atoms with Crippen molar-refractivity contribution in [2.75, 3.05) is 21.3 Å². The molecule has 0 aliphatic rings. The minimum Gasteiger partial charge on any atom is -0.308 e. The summed E-state index contributed by atoms with van der Waals surface area (Å²) in [7, 11) is 0. The molecule has 4 N–H and O–H groups in total. The lowest BCUT2D eigenvalue weighted by Gasteiger charge is -2.19. The quantitative estimate of drug-likeness (QED) is 0.296. The summed E-state index contributed by atoms with van der Waals surface area (Å²) >= 11 is 6.26. The monoisotopic (exact) mass is 492 g/mol. The van der Waals surface area contributed by atoms with Crippen LogP contribution in [-0.4, -0.2) is 12.1 Å². The number of nitrogens with one attached hydrogen (secondary N) is 4. The first-order valence-corrected chi connectivity index (χ1v) is 11.9. The molecule has 7 heteroatoms. The molecule has 35 heavy (non-hydrogen) atoms. The number of amides is 4. The molecule has 0 radical (unpaired) electrons. The molecule has 0 saturated carbocycles. The number of benzene rings is 3. The van der Waals surface area contributed by atoms with Crippen molar-refractivity contribution in [1.29, 1.82) is 0 Å². The Morgan fingerprint density at radius 3 is 1.37 bits per heavy atom. The molecule has 3 rings (SSSR count). The summed E-state index contributed by atoms with van der Waals surface area (Å²) < 4.78 is 0. The Balaban J connectivity index is 1.60. The summed E-state index contributed by atoms with van der Waals surface area (Å²) in [5, 5.41) is 11.5.